The van der Waals surface area contributed by atoms with Gasteiger partial charge in [-0.3, -0.25) is 14.3 Å². The van der Waals surface area contributed by atoms with Crippen LogP contribution in [-0.2, 0) is 16.9 Å². The number of ether oxygens (including phenoxy) is 2. The van der Waals surface area contributed by atoms with Gasteiger partial charge in [-0.1, -0.05) is 26.0 Å². The molecule has 1 fully saturated rings. The lowest BCUT2D eigenvalue weighted by Crippen LogP contribution is -2.35. The zero-order valence-corrected chi connectivity index (χ0v) is 19.9. The third kappa shape index (κ3) is 6.72. The van der Waals surface area contributed by atoms with E-state index in [9.17, 15) is 14.0 Å². The lowest BCUT2D eigenvalue weighted by molar-refractivity contribution is 0.0743. The highest BCUT2D eigenvalue weighted by Gasteiger charge is 2.26. The first-order valence-electron chi connectivity index (χ1n) is 11.8. The second kappa shape index (κ2) is 11.9. The van der Waals surface area contributed by atoms with Crippen molar-refractivity contribution < 1.29 is 13.9 Å². The Kier molecular flexibility index (Phi) is 8.92. The monoisotopic (exact) mass is 474 g/mol. The van der Waals surface area contributed by atoms with Gasteiger partial charge in [-0.05, 0) is 49.8 Å². The number of hydrogen-bond donors (Lipinski definition) is 3. The predicted molar refractivity (Wildman–Crippen MR) is 129 cm³/mol. The lowest BCUT2D eigenvalue weighted by atomic mass is 9.80. The number of benzene rings is 1. The van der Waals surface area contributed by atoms with Gasteiger partial charge in [0.1, 0.15) is 12.5 Å². The number of aromatic amines is 1. The van der Waals surface area contributed by atoms with Crippen LogP contribution in [0.25, 0.3) is 0 Å². The Morgan fingerprint density at radius 3 is 2.82 bits per heavy atom. The van der Waals surface area contributed by atoms with Crippen molar-refractivity contribution in [3.8, 4) is 5.75 Å². The quantitative estimate of drug-likeness (QED) is 0.408. The molecule has 3 rings (SSSR count). The summed E-state index contributed by atoms with van der Waals surface area (Å²) in [5.74, 6) is -0.120. The van der Waals surface area contributed by atoms with Gasteiger partial charge in [0.25, 0.3) is 5.56 Å². The van der Waals surface area contributed by atoms with Crippen molar-refractivity contribution in [3.05, 3.63) is 74.6 Å². The Bertz CT molecular complexity index is 1090. The van der Waals surface area contributed by atoms with Gasteiger partial charge in [-0.2, -0.15) is 4.39 Å². The van der Waals surface area contributed by atoms with Gasteiger partial charge in [0, 0.05) is 30.3 Å². The molecule has 1 heterocycles. The Morgan fingerprint density at radius 1 is 1.35 bits per heavy atom. The summed E-state index contributed by atoms with van der Waals surface area (Å²) < 4.78 is 26.0. The smallest absolute Gasteiger partial charge is 0.330 e. The number of H-pyrrole nitrogens is 1. The largest absolute Gasteiger partial charge is 0.490 e. The van der Waals surface area contributed by atoms with Crippen LogP contribution >= 0.6 is 0 Å². The Labute approximate surface area is 199 Å². The van der Waals surface area contributed by atoms with Crippen LogP contribution < -0.4 is 27.0 Å². The minimum Gasteiger partial charge on any atom is -0.490 e. The fourth-order valence-electron chi connectivity index (χ4n) is 4.04. The van der Waals surface area contributed by atoms with E-state index in [0.29, 0.717) is 19.1 Å². The molecule has 0 spiro atoms. The first-order valence-corrected chi connectivity index (χ1v) is 11.8. The summed E-state index contributed by atoms with van der Waals surface area (Å²) in [6.45, 7) is 5.12. The van der Waals surface area contributed by atoms with Crippen LogP contribution in [-0.4, -0.2) is 28.8 Å². The molecule has 0 aliphatic heterocycles. The van der Waals surface area contributed by atoms with Gasteiger partial charge >= 0.3 is 5.69 Å². The highest BCUT2D eigenvalue weighted by Crippen LogP contribution is 2.31. The molecule has 2 aromatic rings. The zero-order chi connectivity index (χ0) is 24.6. The SMILES string of the molecule is CC[C@@](C)(CN/C(=C\N)CCOCn1cc(F)c(=O)[nH]c1=O)c1cccc(OC2CCCC2)c1. The van der Waals surface area contributed by atoms with Crippen LogP contribution in [0.1, 0.15) is 57.9 Å². The van der Waals surface area contributed by atoms with Gasteiger partial charge < -0.3 is 20.5 Å². The van der Waals surface area contributed by atoms with Crippen molar-refractivity contribution in [2.24, 2.45) is 5.73 Å². The van der Waals surface area contributed by atoms with Crippen molar-refractivity contribution in [2.75, 3.05) is 13.2 Å². The molecular weight excluding hydrogens is 439 g/mol. The summed E-state index contributed by atoms with van der Waals surface area (Å²) >= 11 is 0. The zero-order valence-electron chi connectivity index (χ0n) is 19.9. The molecule has 0 saturated heterocycles. The summed E-state index contributed by atoms with van der Waals surface area (Å²) in [5, 5.41) is 3.42. The van der Waals surface area contributed by atoms with E-state index < -0.39 is 17.1 Å². The third-order valence-corrected chi connectivity index (χ3v) is 6.54. The molecular formula is C25H35FN4O4. The third-order valence-electron chi connectivity index (χ3n) is 6.54. The maximum atomic E-state index is 13.4. The Balaban J connectivity index is 1.52. The van der Waals surface area contributed by atoms with Crippen molar-refractivity contribution in [2.45, 2.75) is 70.6 Å². The second-order valence-electron chi connectivity index (χ2n) is 9.01. The molecule has 4 N–H and O–H groups in total. The van der Waals surface area contributed by atoms with E-state index in [1.807, 2.05) is 17.1 Å². The van der Waals surface area contributed by atoms with E-state index in [1.165, 1.54) is 24.6 Å². The number of nitrogens with one attached hydrogen (secondary N) is 2. The molecule has 1 atom stereocenters. The molecule has 1 aromatic heterocycles. The summed E-state index contributed by atoms with van der Waals surface area (Å²) in [6, 6.07) is 8.33. The van der Waals surface area contributed by atoms with Crippen molar-refractivity contribution in [1.82, 2.24) is 14.9 Å². The van der Waals surface area contributed by atoms with E-state index in [1.54, 1.807) is 0 Å². The molecule has 34 heavy (non-hydrogen) atoms. The van der Waals surface area contributed by atoms with Crippen LogP contribution in [0.3, 0.4) is 0 Å². The second-order valence-corrected chi connectivity index (χ2v) is 9.01. The predicted octanol–water partition coefficient (Wildman–Crippen LogP) is 3.12. The first-order chi connectivity index (χ1) is 16.3. The maximum Gasteiger partial charge on any atom is 0.330 e. The minimum atomic E-state index is -1.05. The molecule has 0 amide bonds. The van der Waals surface area contributed by atoms with Gasteiger partial charge in [-0.25, -0.2) is 4.79 Å². The first kappa shape index (κ1) is 25.6. The minimum absolute atomic E-state index is 0.134. The number of halogens is 1. The van der Waals surface area contributed by atoms with Gasteiger partial charge in [0.05, 0.1) is 18.9 Å². The van der Waals surface area contributed by atoms with E-state index in [0.717, 1.165) is 41.5 Å². The van der Waals surface area contributed by atoms with E-state index in [2.05, 4.69) is 31.3 Å². The summed E-state index contributed by atoms with van der Waals surface area (Å²) in [4.78, 5) is 24.7. The normalized spacial score (nSPS) is 16.4. The average Bonchev–Trinajstić information content (AvgIpc) is 3.34. The van der Waals surface area contributed by atoms with Crippen LogP contribution in [0.15, 0.2) is 51.9 Å². The fraction of sp³-hybridized carbons (Fsp3) is 0.520. The summed E-state index contributed by atoms with van der Waals surface area (Å²) in [5.41, 5.74) is 5.90. The summed E-state index contributed by atoms with van der Waals surface area (Å²) in [7, 11) is 0. The van der Waals surface area contributed by atoms with Crippen LogP contribution in [0.4, 0.5) is 4.39 Å². The average molecular weight is 475 g/mol. The Morgan fingerprint density at radius 2 is 2.12 bits per heavy atom. The maximum absolute atomic E-state index is 13.4. The van der Waals surface area contributed by atoms with E-state index in [4.69, 9.17) is 15.2 Å². The summed E-state index contributed by atoms with van der Waals surface area (Å²) in [6.07, 6.45) is 8.76. The van der Waals surface area contributed by atoms with Gasteiger partial charge in [-0.15, -0.1) is 0 Å². The van der Waals surface area contributed by atoms with Crippen molar-refractivity contribution in [3.63, 3.8) is 0 Å². The van der Waals surface area contributed by atoms with Crippen LogP contribution in [0, 0.1) is 5.82 Å². The topological polar surface area (TPSA) is 111 Å². The number of nitrogens with two attached hydrogens (primary N) is 1. The molecule has 1 aliphatic rings. The number of aromatic nitrogens is 2. The van der Waals surface area contributed by atoms with Gasteiger partial charge in [0.2, 0.25) is 5.82 Å². The van der Waals surface area contributed by atoms with Crippen molar-refractivity contribution >= 4 is 0 Å². The molecule has 0 unspecified atom stereocenters. The molecule has 186 valence electrons. The fourth-order valence-corrected chi connectivity index (χ4v) is 4.04. The molecule has 8 nitrogen and oxygen atoms in total. The van der Waals surface area contributed by atoms with Crippen LogP contribution in [0.5, 0.6) is 5.75 Å². The number of hydrogen-bond acceptors (Lipinski definition) is 6. The highest BCUT2D eigenvalue weighted by atomic mass is 19.1. The standard InChI is InChI=1S/C25H35FN4O4/c1-3-25(2,18-7-6-10-21(13-18)34-20-8-4-5-9-20)16-28-19(14-27)11-12-33-17-30-15-22(26)23(31)29-24(30)32/h6-7,10,13-15,20,28H,3-5,8-9,11-12,16-17,27H2,1-2H3,(H,29,31,32)/b19-14-/t25-/m0/s1. The van der Waals surface area contributed by atoms with Crippen LogP contribution in [0.2, 0.25) is 0 Å². The van der Waals surface area contributed by atoms with E-state index >= 15 is 0 Å². The molecule has 1 saturated carbocycles. The lowest BCUT2D eigenvalue weighted by Gasteiger charge is -2.31. The van der Waals surface area contributed by atoms with E-state index in [-0.39, 0.29) is 18.8 Å². The molecule has 9 heteroatoms. The van der Waals surface area contributed by atoms with Crippen molar-refractivity contribution in [1.29, 1.82) is 0 Å². The molecule has 1 aromatic carbocycles. The molecule has 1 aliphatic carbocycles. The molecule has 0 radical (unpaired) electrons. The number of nitrogens with zero attached hydrogens (tertiary/aromatic N) is 1. The number of rotatable bonds is 12. The molecule has 0 bridgehead atoms. The van der Waals surface area contributed by atoms with Gasteiger partial charge in [0.15, 0.2) is 0 Å². The highest BCUT2D eigenvalue weighted by molar-refractivity contribution is 5.34. The Hall–Kier alpha value is -3.07.